The fourth-order valence-electron chi connectivity index (χ4n) is 5.25. The van der Waals surface area contributed by atoms with Crippen molar-refractivity contribution >= 4 is 5.97 Å². The van der Waals surface area contributed by atoms with Crippen LogP contribution in [0.1, 0.15) is 51.9 Å². The standard InChI is InChI=1S/C14H22O2/c1-13(12(15)16-2)8-11-6-5-10-4-3-7-14(10,11)9-13/h10-11H,3-9H2,1-2H3/t10?,11?,13-,14?/m0/s1. The lowest BCUT2D eigenvalue weighted by Crippen LogP contribution is -2.29. The van der Waals surface area contributed by atoms with Gasteiger partial charge in [-0.05, 0) is 62.7 Å². The van der Waals surface area contributed by atoms with Crippen molar-refractivity contribution in [1.29, 1.82) is 0 Å². The molecule has 0 aliphatic heterocycles. The van der Waals surface area contributed by atoms with Crippen molar-refractivity contribution in [2.45, 2.75) is 51.9 Å². The van der Waals surface area contributed by atoms with Gasteiger partial charge in [0.2, 0.25) is 0 Å². The van der Waals surface area contributed by atoms with Crippen LogP contribution in [-0.4, -0.2) is 13.1 Å². The molecule has 3 fully saturated rings. The number of hydrogen-bond acceptors (Lipinski definition) is 2. The summed E-state index contributed by atoms with van der Waals surface area (Å²) in [6.07, 6.45) is 9.12. The molecule has 90 valence electrons. The molecule has 3 rings (SSSR count). The Hall–Kier alpha value is -0.530. The van der Waals surface area contributed by atoms with Crippen LogP contribution in [0.5, 0.6) is 0 Å². The molecular weight excluding hydrogens is 200 g/mol. The van der Waals surface area contributed by atoms with Gasteiger partial charge in [-0.1, -0.05) is 6.42 Å². The molecule has 0 N–H and O–H groups in total. The van der Waals surface area contributed by atoms with Crippen LogP contribution in [0.3, 0.4) is 0 Å². The van der Waals surface area contributed by atoms with Crippen LogP contribution in [-0.2, 0) is 9.53 Å². The van der Waals surface area contributed by atoms with Gasteiger partial charge in [-0.3, -0.25) is 4.79 Å². The molecule has 4 atom stereocenters. The van der Waals surface area contributed by atoms with E-state index in [9.17, 15) is 4.79 Å². The second-order valence-electron chi connectivity index (χ2n) is 6.53. The van der Waals surface area contributed by atoms with E-state index in [0.29, 0.717) is 5.41 Å². The monoisotopic (exact) mass is 222 g/mol. The van der Waals surface area contributed by atoms with Crippen molar-refractivity contribution in [3.8, 4) is 0 Å². The molecule has 3 unspecified atom stereocenters. The lowest BCUT2D eigenvalue weighted by atomic mass is 9.74. The topological polar surface area (TPSA) is 26.3 Å². The van der Waals surface area contributed by atoms with Crippen LogP contribution in [0, 0.1) is 22.7 Å². The van der Waals surface area contributed by atoms with E-state index in [1.165, 1.54) is 39.2 Å². The van der Waals surface area contributed by atoms with E-state index in [2.05, 4.69) is 6.92 Å². The smallest absolute Gasteiger partial charge is 0.311 e. The number of carbonyl (C=O) groups is 1. The van der Waals surface area contributed by atoms with Crippen LogP contribution in [0.15, 0.2) is 0 Å². The Kier molecular flexibility index (Phi) is 2.15. The summed E-state index contributed by atoms with van der Waals surface area (Å²) in [4.78, 5) is 11.9. The average molecular weight is 222 g/mol. The Labute approximate surface area is 97.7 Å². The van der Waals surface area contributed by atoms with E-state index < -0.39 is 0 Å². The fraction of sp³-hybridized carbons (Fsp3) is 0.929. The van der Waals surface area contributed by atoms with E-state index in [4.69, 9.17) is 4.74 Å². The van der Waals surface area contributed by atoms with Gasteiger partial charge < -0.3 is 4.74 Å². The first kappa shape index (κ1) is 10.6. The SMILES string of the molecule is COC(=O)[C@@]1(C)CC2CCC3CCCC32C1. The maximum Gasteiger partial charge on any atom is 0.311 e. The predicted molar refractivity (Wildman–Crippen MR) is 61.9 cm³/mol. The van der Waals surface area contributed by atoms with Crippen LogP contribution in [0.25, 0.3) is 0 Å². The number of methoxy groups -OCH3 is 1. The lowest BCUT2D eigenvalue weighted by molar-refractivity contribution is -0.152. The molecule has 0 bridgehead atoms. The third-order valence-corrected chi connectivity index (χ3v) is 5.78. The van der Waals surface area contributed by atoms with Gasteiger partial charge in [-0.15, -0.1) is 0 Å². The zero-order chi connectivity index (χ0) is 11.4. The molecular formula is C14H22O2. The molecule has 3 saturated carbocycles. The molecule has 2 heteroatoms. The summed E-state index contributed by atoms with van der Waals surface area (Å²) < 4.78 is 5.01. The minimum absolute atomic E-state index is 0.0296. The van der Waals surface area contributed by atoms with Gasteiger partial charge in [-0.2, -0.15) is 0 Å². The minimum atomic E-state index is -0.178. The maximum absolute atomic E-state index is 11.9. The zero-order valence-electron chi connectivity index (χ0n) is 10.4. The quantitative estimate of drug-likeness (QED) is 0.637. The Balaban J connectivity index is 1.89. The molecule has 2 nitrogen and oxygen atoms in total. The number of ether oxygens (including phenoxy) is 1. The Morgan fingerprint density at radius 1 is 1.25 bits per heavy atom. The highest BCUT2D eigenvalue weighted by molar-refractivity contribution is 5.77. The molecule has 16 heavy (non-hydrogen) atoms. The molecule has 3 aliphatic carbocycles. The van der Waals surface area contributed by atoms with Gasteiger partial charge >= 0.3 is 5.97 Å². The normalized spacial score (nSPS) is 50.1. The summed E-state index contributed by atoms with van der Waals surface area (Å²) in [5, 5.41) is 0. The minimum Gasteiger partial charge on any atom is -0.469 e. The molecule has 0 amide bonds. The molecule has 1 spiro atoms. The first-order valence-corrected chi connectivity index (χ1v) is 6.69. The molecule has 3 aliphatic rings. The predicted octanol–water partition coefficient (Wildman–Crippen LogP) is 3.16. The van der Waals surface area contributed by atoms with Gasteiger partial charge in [0, 0.05) is 0 Å². The summed E-state index contributed by atoms with van der Waals surface area (Å²) in [5.74, 6) is 1.76. The van der Waals surface area contributed by atoms with Gasteiger partial charge in [0.15, 0.2) is 0 Å². The van der Waals surface area contributed by atoms with Crippen LogP contribution >= 0.6 is 0 Å². The largest absolute Gasteiger partial charge is 0.469 e. The molecule has 0 saturated heterocycles. The summed E-state index contributed by atoms with van der Waals surface area (Å²) in [6.45, 7) is 2.13. The number of hydrogen-bond donors (Lipinski definition) is 0. The maximum atomic E-state index is 11.9. The fourth-order valence-corrected chi connectivity index (χ4v) is 5.25. The second-order valence-corrected chi connectivity index (χ2v) is 6.53. The van der Waals surface area contributed by atoms with Crippen molar-refractivity contribution < 1.29 is 9.53 Å². The molecule has 0 heterocycles. The van der Waals surface area contributed by atoms with Crippen molar-refractivity contribution in [2.75, 3.05) is 7.11 Å². The van der Waals surface area contributed by atoms with Gasteiger partial charge in [0.1, 0.15) is 0 Å². The lowest BCUT2D eigenvalue weighted by Gasteiger charge is -2.31. The van der Waals surface area contributed by atoms with Crippen molar-refractivity contribution in [3.63, 3.8) is 0 Å². The third kappa shape index (κ3) is 1.16. The Morgan fingerprint density at radius 2 is 2.00 bits per heavy atom. The van der Waals surface area contributed by atoms with Crippen molar-refractivity contribution in [2.24, 2.45) is 22.7 Å². The zero-order valence-corrected chi connectivity index (χ0v) is 10.4. The van der Waals surface area contributed by atoms with E-state index >= 15 is 0 Å². The van der Waals surface area contributed by atoms with E-state index in [-0.39, 0.29) is 11.4 Å². The summed E-state index contributed by atoms with van der Waals surface area (Å²) in [6, 6.07) is 0. The van der Waals surface area contributed by atoms with Crippen LogP contribution in [0.4, 0.5) is 0 Å². The molecule has 0 radical (unpaired) electrons. The Morgan fingerprint density at radius 3 is 2.75 bits per heavy atom. The van der Waals surface area contributed by atoms with Crippen LogP contribution < -0.4 is 0 Å². The van der Waals surface area contributed by atoms with Crippen molar-refractivity contribution in [3.05, 3.63) is 0 Å². The highest BCUT2D eigenvalue weighted by atomic mass is 16.5. The van der Waals surface area contributed by atoms with E-state index in [1.54, 1.807) is 0 Å². The first-order chi connectivity index (χ1) is 7.61. The van der Waals surface area contributed by atoms with Gasteiger partial charge in [0.05, 0.1) is 12.5 Å². The Bertz CT molecular complexity index is 325. The number of carbonyl (C=O) groups excluding carboxylic acids is 1. The first-order valence-electron chi connectivity index (χ1n) is 6.69. The van der Waals surface area contributed by atoms with E-state index in [0.717, 1.165) is 24.7 Å². The summed E-state index contributed by atoms with van der Waals surface area (Å²) in [5.41, 5.74) is 0.353. The molecule has 0 aromatic rings. The van der Waals surface area contributed by atoms with Crippen LogP contribution in [0.2, 0.25) is 0 Å². The molecule has 0 aromatic heterocycles. The van der Waals surface area contributed by atoms with Crippen molar-refractivity contribution in [1.82, 2.24) is 0 Å². The molecule has 0 aromatic carbocycles. The summed E-state index contributed by atoms with van der Waals surface area (Å²) in [7, 11) is 1.53. The second kappa shape index (κ2) is 3.24. The highest BCUT2D eigenvalue weighted by Gasteiger charge is 2.62. The number of rotatable bonds is 1. The van der Waals surface area contributed by atoms with Gasteiger partial charge in [0.25, 0.3) is 0 Å². The summed E-state index contributed by atoms with van der Waals surface area (Å²) >= 11 is 0. The van der Waals surface area contributed by atoms with E-state index in [1.807, 2.05) is 0 Å². The third-order valence-electron chi connectivity index (χ3n) is 5.78. The highest BCUT2D eigenvalue weighted by Crippen LogP contribution is 2.69. The number of esters is 1. The van der Waals surface area contributed by atoms with Gasteiger partial charge in [-0.25, -0.2) is 0 Å². The average Bonchev–Trinajstić information content (AvgIpc) is 2.84.